The lowest BCUT2D eigenvalue weighted by atomic mass is 10.2. The van der Waals surface area contributed by atoms with Gasteiger partial charge in [-0.05, 0) is 18.6 Å². The van der Waals surface area contributed by atoms with Gasteiger partial charge in [0.25, 0.3) is 0 Å². The Morgan fingerprint density at radius 3 is 2.80 bits per heavy atom. The van der Waals surface area contributed by atoms with Gasteiger partial charge < -0.3 is 0 Å². The van der Waals surface area contributed by atoms with Crippen molar-refractivity contribution in [3.05, 3.63) is 47.5 Å². The molecule has 0 aliphatic rings. The summed E-state index contributed by atoms with van der Waals surface area (Å²) in [5.41, 5.74) is 3.37. The van der Waals surface area contributed by atoms with Crippen molar-refractivity contribution in [1.29, 1.82) is 0 Å². The fourth-order valence-electron chi connectivity index (χ4n) is 1.94. The minimum absolute atomic E-state index is 0.388. The van der Waals surface area contributed by atoms with E-state index < -0.39 is 0 Å². The fraction of sp³-hybridized carbons (Fsp3) is 0.143. The first-order chi connectivity index (χ1) is 9.63. The van der Waals surface area contributed by atoms with E-state index in [9.17, 15) is 0 Å². The molecule has 0 aliphatic carbocycles. The quantitative estimate of drug-likeness (QED) is 0.679. The summed E-state index contributed by atoms with van der Waals surface area (Å²) in [4.78, 5) is 13.1. The van der Waals surface area contributed by atoms with E-state index in [1.54, 1.807) is 23.1 Å². The second-order valence-electron chi connectivity index (χ2n) is 4.47. The Morgan fingerprint density at radius 2 is 2.10 bits per heavy atom. The van der Waals surface area contributed by atoms with Gasteiger partial charge in [0, 0.05) is 31.1 Å². The second kappa shape index (κ2) is 5.02. The highest BCUT2D eigenvalue weighted by Gasteiger charge is 2.11. The van der Waals surface area contributed by atoms with Crippen LogP contribution in [0.5, 0.6) is 0 Å². The molecule has 3 heterocycles. The SMILES string of the molecule is Cc1cccnc1-c1nc(Cl)cc(-c2cnn(C)c2)n1. The van der Waals surface area contributed by atoms with Crippen LogP contribution < -0.4 is 0 Å². The molecule has 100 valence electrons. The number of hydrogen-bond donors (Lipinski definition) is 0. The minimum atomic E-state index is 0.388. The molecule has 0 radical (unpaired) electrons. The number of nitrogens with zero attached hydrogens (tertiary/aromatic N) is 5. The molecule has 0 aliphatic heterocycles. The van der Waals surface area contributed by atoms with Gasteiger partial charge in [-0.15, -0.1) is 0 Å². The van der Waals surface area contributed by atoms with E-state index in [4.69, 9.17) is 11.6 Å². The highest BCUT2D eigenvalue weighted by molar-refractivity contribution is 6.29. The molecule has 0 atom stereocenters. The van der Waals surface area contributed by atoms with E-state index in [2.05, 4.69) is 20.1 Å². The smallest absolute Gasteiger partial charge is 0.180 e. The molecule has 3 aromatic heterocycles. The van der Waals surface area contributed by atoms with Crippen molar-refractivity contribution in [2.75, 3.05) is 0 Å². The average molecular weight is 286 g/mol. The highest BCUT2D eigenvalue weighted by Crippen LogP contribution is 2.24. The summed E-state index contributed by atoms with van der Waals surface area (Å²) in [6.45, 7) is 1.97. The molecule has 20 heavy (non-hydrogen) atoms. The Hall–Kier alpha value is -2.27. The Morgan fingerprint density at radius 1 is 1.25 bits per heavy atom. The van der Waals surface area contributed by atoms with Crippen molar-refractivity contribution >= 4 is 11.6 Å². The highest BCUT2D eigenvalue weighted by atomic mass is 35.5. The fourth-order valence-corrected chi connectivity index (χ4v) is 2.13. The van der Waals surface area contributed by atoms with E-state index in [1.807, 2.05) is 32.3 Å². The lowest BCUT2D eigenvalue weighted by Crippen LogP contribution is -1.96. The second-order valence-corrected chi connectivity index (χ2v) is 4.86. The predicted molar refractivity (Wildman–Crippen MR) is 77.2 cm³/mol. The maximum Gasteiger partial charge on any atom is 0.180 e. The van der Waals surface area contributed by atoms with Crippen molar-refractivity contribution in [2.45, 2.75) is 6.92 Å². The van der Waals surface area contributed by atoms with Crippen LogP contribution in [0.2, 0.25) is 5.15 Å². The van der Waals surface area contributed by atoms with Gasteiger partial charge in [0.15, 0.2) is 5.82 Å². The first kappa shape index (κ1) is 12.7. The number of hydrogen-bond acceptors (Lipinski definition) is 4. The van der Waals surface area contributed by atoms with Crippen LogP contribution in [0, 0.1) is 6.92 Å². The van der Waals surface area contributed by atoms with Crippen LogP contribution in [-0.4, -0.2) is 24.7 Å². The summed E-state index contributed by atoms with van der Waals surface area (Å²) in [5.74, 6) is 0.523. The van der Waals surface area contributed by atoms with Crippen molar-refractivity contribution in [3.63, 3.8) is 0 Å². The zero-order valence-electron chi connectivity index (χ0n) is 11.1. The standard InChI is InChI=1S/C14H12ClN5/c1-9-4-3-5-16-13(9)14-18-11(6-12(15)19-14)10-7-17-20(2)8-10/h3-8H,1-2H3. The van der Waals surface area contributed by atoms with E-state index >= 15 is 0 Å². The number of aromatic nitrogens is 5. The van der Waals surface area contributed by atoms with Crippen LogP contribution in [0.1, 0.15) is 5.56 Å². The third kappa shape index (κ3) is 2.40. The summed E-state index contributed by atoms with van der Waals surface area (Å²) in [6, 6.07) is 5.57. The molecule has 3 rings (SSSR count). The molecule has 0 fully saturated rings. The number of aryl methyl sites for hydroxylation is 2. The van der Waals surface area contributed by atoms with Crippen LogP contribution in [0.15, 0.2) is 36.8 Å². The van der Waals surface area contributed by atoms with Crippen molar-refractivity contribution in [3.8, 4) is 22.8 Å². The summed E-state index contributed by atoms with van der Waals surface area (Å²) >= 11 is 6.10. The Labute approximate surface area is 121 Å². The Kier molecular flexibility index (Phi) is 3.20. The molecule has 0 unspecified atom stereocenters. The van der Waals surface area contributed by atoms with Crippen molar-refractivity contribution < 1.29 is 0 Å². The largest absolute Gasteiger partial charge is 0.275 e. The molecule has 6 heteroatoms. The summed E-state index contributed by atoms with van der Waals surface area (Å²) in [7, 11) is 1.86. The zero-order chi connectivity index (χ0) is 14.1. The molecular weight excluding hydrogens is 274 g/mol. The molecule has 0 aromatic carbocycles. The topological polar surface area (TPSA) is 56.5 Å². The molecular formula is C14H12ClN5. The lowest BCUT2D eigenvalue weighted by molar-refractivity contribution is 0.768. The number of pyridine rings is 1. The number of halogens is 1. The van der Waals surface area contributed by atoms with Crippen LogP contribution in [0.3, 0.4) is 0 Å². The maximum atomic E-state index is 6.10. The van der Waals surface area contributed by atoms with Crippen LogP contribution >= 0.6 is 11.6 Å². The van der Waals surface area contributed by atoms with Gasteiger partial charge in [0.1, 0.15) is 10.8 Å². The molecule has 0 bridgehead atoms. The molecule has 3 aromatic rings. The first-order valence-corrected chi connectivity index (χ1v) is 6.47. The number of rotatable bonds is 2. The monoisotopic (exact) mass is 285 g/mol. The van der Waals surface area contributed by atoms with Gasteiger partial charge in [-0.1, -0.05) is 17.7 Å². The van der Waals surface area contributed by atoms with Gasteiger partial charge in [-0.2, -0.15) is 5.10 Å². The summed E-state index contributed by atoms with van der Waals surface area (Å²) in [6.07, 6.45) is 5.35. The Bertz CT molecular complexity index is 766. The molecule has 0 N–H and O–H groups in total. The Balaban J connectivity index is 2.14. The summed E-state index contributed by atoms with van der Waals surface area (Å²) in [5, 5.41) is 4.53. The molecule has 0 amide bonds. The molecule has 0 spiro atoms. The van der Waals surface area contributed by atoms with E-state index in [1.165, 1.54) is 0 Å². The lowest BCUT2D eigenvalue weighted by Gasteiger charge is -2.05. The molecule has 0 saturated carbocycles. The predicted octanol–water partition coefficient (Wildman–Crippen LogP) is 2.90. The van der Waals surface area contributed by atoms with Crippen molar-refractivity contribution in [1.82, 2.24) is 24.7 Å². The normalized spacial score (nSPS) is 10.8. The van der Waals surface area contributed by atoms with Crippen LogP contribution in [0.25, 0.3) is 22.8 Å². The molecule has 5 nitrogen and oxygen atoms in total. The van der Waals surface area contributed by atoms with Gasteiger partial charge in [0.2, 0.25) is 0 Å². The van der Waals surface area contributed by atoms with Crippen LogP contribution in [0.4, 0.5) is 0 Å². The van der Waals surface area contributed by atoms with E-state index in [0.717, 1.165) is 22.5 Å². The first-order valence-electron chi connectivity index (χ1n) is 6.09. The van der Waals surface area contributed by atoms with Gasteiger partial charge in [-0.3, -0.25) is 9.67 Å². The molecule has 0 saturated heterocycles. The maximum absolute atomic E-state index is 6.10. The third-order valence-corrected chi connectivity index (χ3v) is 3.11. The zero-order valence-corrected chi connectivity index (χ0v) is 11.8. The van der Waals surface area contributed by atoms with Crippen molar-refractivity contribution in [2.24, 2.45) is 7.05 Å². The minimum Gasteiger partial charge on any atom is -0.275 e. The van der Waals surface area contributed by atoms with Gasteiger partial charge in [0.05, 0.1) is 11.9 Å². The summed E-state index contributed by atoms with van der Waals surface area (Å²) < 4.78 is 1.72. The van der Waals surface area contributed by atoms with Gasteiger partial charge >= 0.3 is 0 Å². The van der Waals surface area contributed by atoms with Gasteiger partial charge in [-0.25, -0.2) is 9.97 Å². The average Bonchev–Trinajstić information content (AvgIpc) is 2.85. The third-order valence-electron chi connectivity index (χ3n) is 2.92. The van der Waals surface area contributed by atoms with Crippen LogP contribution in [-0.2, 0) is 7.05 Å². The van der Waals surface area contributed by atoms with E-state index in [0.29, 0.717) is 11.0 Å². The van der Waals surface area contributed by atoms with E-state index in [-0.39, 0.29) is 0 Å².